The van der Waals surface area contributed by atoms with Crippen molar-refractivity contribution in [2.75, 3.05) is 13.2 Å². The maximum atomic E-state index is 12.3. The minimum absolute atomic E-state index is 0.0242. The maximum absolute atomic E-state index is 12.3. The Morgan fingerprint density at radius 1 is 1.10 bits per heavy atom. The predicted molar refractivity (Wildman–Crippen MR) is 74.2 cm³/mol. The zero-order valence-corrected chi connectivity index (χ0v) is 12.1. The SMILES string of the molecule is CC(C(=O)NC1CCC(C(=O)O)CC1)C1CCOCC1. The minimum atomic E-state index is -0.703. The molecule has 0 spiro atoms. The zero-order valence-electron chi connectivity index (χ0n) is 12.1. The second-order valence-corrected chi connectivity index (χ2v) is 6.13. The lowest BCUT2D eigenvalue weighted by Gasteiger charge is -2.31. The van der Waals surface area contributed by atoms with Gasteiger partial charge in [-0.15, -0.1) is 0 Å². The fraction of sp³-hybridized carbons (Fsp3) is 0.867. The smallest absolute Gasteiger partial charge is 0.306 e. The third kappa shape index (κ3) is 3.95. The second-order valence-electron chi connectivity index (χ2n) is 6.13. The molecule has 2 N–H and O–H groups in total. The summed E-state index contributed by atoms with van der Waals surface area (Å²) in [5, 5.41) is 12.1. The van der Waals surface area contributed by atoms with Gasteiger partial charge >= 0.3 is 5.97 Å². The molecule has 1 aliphatic carbocycles. The van der Waals surface area contributed by atoms with Crippen LogP contribution in [0.15, 0.2) is 0 Å². The Kier molecular flexibility index (Phi) is 5.40. The van der Waals surface area contributed by atoms with E-state index < -0.39 is 5.97 Å². The molecular weight excluding hydrogens is 258 g/mol. The highest BCUT2D eigenvalue weighted by Gasteiger charge is 2.30. The molecule has 5 heteroatoms. The van der Waals surface area contributed by atoms with E-state index in [4.69, 9.17) is 9.84 Å². The first-order chi connectivity index (χ1) is 9.58. The maximum Gasteiger partial charge on any atom is 0.306 e. The van der Waals surface area contributed by atoms with Gasteiger partial charge in [0.05, 0.1) is 5.92 Å². The van der Waals surface area contributed by atoms with Gasteiger partial charge in [-0.1, -0.05) is 6.92 Å². The zero-order chi connectivity index (χ0) is 14.5. The van der Waals surface area contributed by atoms with Crippen LogP contribution < -0.4 is 5.32 Å². The average Bonchev–Trinajstić information content (AvgIpc) is 2.48. The largest absolute Gasteiger partial charge is 0.481 e. The molecule has 1 amide bonds. The quantitative estimate of drug-likeness (QED) is 0.825. The van der Waals surface area contributed by atoms with Crippen molar-refractivity contribution in [2.45, 2.75) is 51.5 Å². The summed E-state index contributed by atoms with van der Waals surface area (Å²) in [5.74, 6) is -0.368. The number of carbonyl (C=O) groups is 2. The van der Waals surface area contributed by atoms with Crippen molar-refractivity contribution in [3.8, 4) is 0 Å². The van der Waals surface area contributed by atoms with Gasteiger partial charge in [0.25, 0.3) is 0 Å². The summed E-state index contributed by atoms with van der Waals surface area (Å²) in [6.45, 7) is 3.51. The molecule has 1 atom stereocenters. The summed E-state index contributed by atoms with van der Waals surface area (Å²) in [7, 11) is 0. The van der Waals surface area contributed by atoms with Crippen LogP contribution in [0, 0.1) is 17.8 Å². The van der Waals surface area contributed by atoms with Gasteiger partial charge in [-0.3, -0.25) is 9.59 Å². The second kappa shape index (κ2) is 7.07. The molecule has 2 rings (SSSR count). The summed E-state index contributed by atoms with van der Waals surface area (Å²) in [6, 6.07) is 0.153. The number of nitrogens with one attached hydrogen (secondary N) is 1. The van der Waals surface area contributed by atoms with Crippen molar-refractivity contribution in [3.05, 3.63) is 0 Å². The summed E-state index contributed by atoms with van der Waals surface area (Å²) in [6.07, 6.45) is 4.82. The molecule has 1 saturated carbocycles. The molecular formula is C15H25NO4. The lowest BCUT2D eigenvalue weighted by molar-refractivity contribution is -0.142. The Bertz CT molecular complexity index is 344. The minimum Gasteiger partial charge on any atom is -0.481 e. The molecule has 2 fully saturated rings. The van der Waals surface area contributed by atoms with Gasteiger partial charge in [0.1, 0.15) is 0 Å². The first-order valence-corrected chi connectivity index (χ1v) is 7.69. The molecule has 0 aromatic carbocycles. The van der Waals surface area contributed by atoms with E-state index in [1.165, 1.54) is 0 Å². The van der Waals surface area contributed by atoms with Gasteiger partial charge < -0.3 is 15.2 Å². The Morgan fingerprint density at radius 3 is 2.25 bits per heavy atom. The van der Waals surface area contributed by atoms with Crippen molar-refractivity contribution in [1.82, 2.24) is 5.32 Å². The van der Waals surface area contributed by atoms with E-state index in [0.29, 0.717) is 18.8 Å². The van der Waals surface area contributed by atoms with E-state index in [2.05, 4.69) is 5.32 Å². The molecule has 114 valence electrons. The normalized spacial score (nSPS) is 29.6. The molecule has 2 aliphatic rings. The number of hydrogen-bond acceptors (Lipinski definition) is 3. The number of aliphatic carboxylic acids is 1. The Hall–Kier alpha value is -1.10. The highest BCUT2D eigenvalue weighted by atomic mass is 16.5. The van der Waals surface area contributed by atoms with Gasteiger partial charge in [0.2, 0.25) is 5.91 Å². The van der Waals surface area contributed by atoms with Gasteiger partial charge in [-0.25, -0.2) is 0 Å². The number of carbonyl (C=O) groups excluding carboxylic acids is 1. The van der Waals surface area contributed by atoms with Crippen molar-refractivity contribution < 1.29 is 19.4 Å². The van der Waals surface area contributed by atoms with Crippen LogP contribution in [0.2, 0.25) is 0 Å². The summed E-state index contributed by atoms with van der Waals surface area (Å²) >= 11 is 0. The Labute approximate surface area is 120 Å². The van der Waals surface area contributed by atoms with Crippen LogP contribution in [0.1, 0.15) is 45.4 Å². The van der Waals surface area contributed by atoms with E-state index in [1.54, 1.807) is 0 Å². The monoisotopic (exact) mass is 283 g/mol. The Balaban J connectivity index is 1.75. The third-order valence-electron chi connectivity index (χ3n) is 4.81. The first-order valence-electron chi connectivity index (χ1n) is 7.69. The van der Waals surface area contributed by atoms with Crippen LogP contribution in [0.25, 0.3) is 0 Å². The topological polar surface area (TPSA) is 75.6 Å². The van der Waals surface area contributed by atoms with Gasteiger partial charge in [0.15, 0.2) is 0 Å². The van der Waals surface area contributed by atoms with Crippen molar-refractivity contribution in [1.29, 1.82) is 0 Å². The van der Waals surface area contributed by atoms with Gasteiger partial charge in [-0.05, 0) is 44.4 Å². The fourth-order valence-electron chi connectivity index (χ4n) is 3.25. The lowest BCUT2D eigenvalue weighted by Crippen LogP contribution is -2.43. The average molecular weight is 283 g/mol. The molecule has 1 heterocycles. The van der Waals surface area contributed by atoms with E-state index in [-0.39, 0.29) is 23.8 Å². The number of amides is 1. The van der Waals surface area contributed by atoms with Crippen molar-refractivity contribution in [3.63, 3.8) is 0 Å². The van der Waals surface area contributed by atoms with Crippen LogP contribution in [0.4, 0.5) is 0 Å². The van der Waals surface area contributed by atoms with Crippen molar-refractivity contribution >= 4 is 11.9 Å². The molecule has 1 unspecified atom stereocenters. The molecule has 0 radical (unpaired) electrons. The van der Waals surface area contributed by atoms with Crippen LogP contribution in [0.3, 0.4) is 0 Å². The van der Waals surface area contributed by atoms with Crippen LogP contribution in [-0.2, 0) is 14.3 Å². The molecule has 1 aliphatic heterocycles. The first kappa shape index (κ1) is 15.3. The van der Waals surface area contributed by atoms with Gasteiger partial charge in [-0.2, -0.15) is 0 Å². The fourth-order valence-corrected chi connectivity index (χ4v) is 3.25. The number of carboxylic acids is 1. The predicted octanol–water partition coefficient (Wildman–Crippen LogP) is 1.81. The Morgan fingerprint density at radius 2 is 1.70 bits per heavy atom. The molecule has 0 bridgehead atoms. The molecule has 1 saturated heterocycles. The molecule has 0 aromatic rings. The molecule has 20 heavy (non-hydrogen) atoms. The summed E-state index contributed by atoms with van der Waals surface area (Å²) in [4.78, 5) is 23.2. The molecule has 0 aromatic heterocycles. The molecule has 5 nitrogen and oxygen atoms in total. The van der Waals surface area contributed by atoms with Gasteiger partial charge in [0, 0.05) is 25.2 Å². The lowest BCUT2D eigenvalue weighted by atomic mass is 9.84. The van der Waals surface area contributed by atoms with E-state index in [1.807, 2.05) is 6.92 Å². The number of hydrogen-bond donors (Lipinski definition) is 2. The summed E-state index contributed by atoms with van der Waals surface area (Å²) in [5.41, 5.74) is 0. The summed E-state index contributed by atoms with van der Waals surface area (Å²) < 4.78 is 5.33. The van der Waals surface area contributed by atoms with E-state index >= 15 is 0 Å². The van der Waals surface area contributed by atoms with Crippen LogP contribution in [-0.4, -0.2) is 36.2 Å². The third-order valence-corrected chi connectivity index (χ3v) is 4.81. The number of rotatable bonds is 4. The van der Waals surface area contributed by atoms with Crippen LogP contribution >= 0.6 is 0 Å². The number of ether oxygens (including phenoxy) is 1. The number of carboxylic acid groups (broad SMARTS) is 1. The van der Waals surface area contributed by atoms with Crippen molar-refractivity contribution in [2.24, 2.45) is 17.8 Å². The highest BCUT2D eigenvalue weighted by molar-refractivity contribution is 5.79. The van der Waals surface area contributed by atoms with Crippen LogP contribution in [0.5, 0.6) is 0 Å². The van der Waals surface area contributed by atoms with E-state index in [0.717, 1.165) is 38.9 Å². The standard InChI is InChI=1S/C15H25NO4/c1-10(11-6-8-20-9-7-11)14(17)16-13-4-2-12(3-5-13)15(18)19/h10-13H,2-9H2,1H3,(H,16,17)(H,18,19). The van der Waals surface area contributed by atoms with E-state index in [9.17, 15) is 9.59 Å². The highest BCUT2D eigenvalue weighted by Crippen LogP contribution is 2.27.